The number of carboxylic acids is 2. The third-order valence-electron chi connectivity index (χ3n) is 3.83. The topological polar surface area (TPSA) is 127 Å². The minimum absolute atomic E-state index is 0.0206. The molecule has 0 radical (unpaired) electrons. The number of carbonyl (C=O) groups excluding carboxylic acids is 2. The highest BCUT2D eigenvalue weighted by Gasteiger charge is 2.62. The molecule has 0 amide bonds. The van der Waals surface area contributed by atoms with Crippen LogP contribution in [0.1, 0.15) is 13.8 Å². The first-order valence-corrected chi connectivity index (χ1v) is 6.18. The lowest BCUT2D eigenvalue weighted by Crippen LogP contribution is -2.53. The highest BCUT2D eigenvalue weighted by atomic mass is 16.5. The zero-order valence-electron chi connectivity index (χ0n) is 12.5. The third kappa shape index (κ3) is 2.26. The predicted octanol–water partition coefficient (Wildman–Crippen LogP) is 0.381. The molecule has 1 aliphatic rings. The quantitative estimate of drug-likeness (QED) is 0.563. The molecule has 0 saturated heterocycles. The van der Waals surface area contributed by atoms with Gasteiger partial charge in [0.1, 0.15) is 5.92 Å². The van der Waals surface area contributed by atoms with Gasteiger partial charge >= 0.3 is 23.9 Å². The van der Waals surface area contributed by atoms with Crippen LogP contribution in [0.15, 0.2) is 22.8 Å². The molecular weight excluding hydrogens is 296 g/mol. The van der Waals surface area contributed by atoms with Crippen molar-refractivity contribution in [3.05, 3.63) is 22.8 Å². The van der Waals surface area contributed by atoms with Crippen LogP contribution in [0.5, 0.6) is 0 Å². The van der Waals surface area contributed by atoms with E-state index in [-0.39, 0.29) is 11.1 Å². The van der Waals surface area contributed by atoms with E-state index in [9.17, 15) is 29.4 Å². The van der Waals surface area contributed by atoms with Crippen LogP contribution in [-0.4, -0.2) is 48.3 Å². The number of rotatable bonds is 4. The van der Waals surface area contributed by atoms with Crippen LogP contribution in [0.2, 0.25) is 0 Å². The van der Waals surface area contributed by atoms with Crippen molar-refractivity contribution in [2.75, 3.05) is 14.2 Å². The summed E-state index contributed by atoms with van der Waals surface area (Å²) >= 11 is 0. The Balaban J connectivity index is 3.85. The van der Waals surface area contributed by atoms with Crippen molar-refractivity contribution in [2.24, 2.45) is 11.3 Å². The normalized spacial score (nSPS) is 24.4. The highest BCUT2D eigenvalue weighted by Crippen LogP contribution is 2.47. The first kappa shape index (κ1) is 17.4. The number of aliphatic carboxylic acids is 2. The van der Waals surface area contributed by atoms with Crippen LogP contribution >= 0.6 is 0 Å². The van der Waals surface area contributed by atoms with E-state index in [0.717, 1.165) is 20.3 Å². The van der Waals surface area contributed by atoms with Crippen molar-refractivity contribution < 1.29 is 38.9 Å². The van der Waals surface area contributed by atoms with Crippen molar-refractivity contribution in [3.8, 4) is 0 Å². The molecule has 1 aliphatic carbocycles. The summed E-state index contributed by atoms with van der Waals surface area (Å²) in [6.45, 7) is 2.79. The summed E-state index contributed by atoms with van der Waals surface area (Å²) in [6.07, 6.45) is 1.16. The molecule has 0 aromatic rings. The Kier molecular flexibility index (Phi) is 4.75. The van der Waals surface area contributed by atoms with Crippen LogP contribution in [0, 0.1) is 11.3 Å². The molecule has 1 rings (SSSR count). The molecule has 22 heavy (non-hydrogen) atoms. The zero-order valence-corrected chi connectivity index (χ0v) is 12.5. The van der Waals surface area contributed by atoms with Gasteiger partial charge in [0.25, 0.3) is 0 Å². The molecular formula is C14H16O8. The monoisotopic (exact) mass is 312 g/mol. The van der Waals surface area contributed by atoms with E-state index in [1.54, 1.807) is 0 Å². The predicted molar refractivity (Wildman–Crippen MR) is 71.7 cm³/mol. The molecule has 0 aromatic heterocycles. The van der Waals surface area contributed by atoms with Gasteiger partial charge in [-0.05, 0) is 31.1 Å². The van der Waals surface area contributed by atoms with Gasteiger partial charge in [0.2, 0.25) is 5.41 Å². The number of esters is 2. The molecule has 8 nitrogen and oxygen atoms in total. The first-order chi connectivity index (χ1) is 10.2. The number of hydrogen-bond acceptors (Lipinski definition) is 6. The van der Waals surface area contributed by atoms with Crippen molar-refractivity contribution in [1.82, 2.24) is 0 Å². The van der Waals surface area contributed by atoms with Crippen LogP contribution in [0.25, 0.3) is 0 Å². The van der Waals surface area contributed by atoms with E-state index < -0.39 is 40.8 Å². The van der Waals surface area contributed by atoms with Gasteiger partial charge < -0.3 is 19.7 Å². The van der Waals surface area contributed by atoms with Gasteiger partial charge in [-0.15, -0.1) is 0 Å². The summed E-state index contributed by atoms with van der Waals surface area (Å²) in [5, 5.41) is 18.9. The molecule has 2 atom stereocenters. The molecule has 0 saturated carbocycles. The van der Waals surface area contributed by atoms with Gasteiger partial charge in [0.05, 0.1) is 19.8 Å². The van der Waals surface area contributed by atoms with Gasteiger partial charge in [0.15, 0.2) is 0 Å². The van der Waals surface area contributed by atoms with Crippen molar-refractivity contribution in [1.29, 1.82) is 0 Å². The molecule has 8 heteroatoms. The van der Waals surface area contributed by atoms with Crippen LogP contribution in [-0.2, 0) is 28.7 Å². The molecule has 120 valence electrons. The summed E-state index contributed by atoms with van der Waals surface area (Å²) in [4.78, 5) is 47.6. The number of methoxy groups -OCH3 is 2. The van der Waals surface area contributed by atoms with Gasteiger partial charge in [-0.25, -0.2) is 4.79 Å². The molecule has 0 heterocycles. The molecule has 0 spiro atoms. The van der Waals surface area contributed by atoms with E-state index >= 15 is 0 Å². The maximum atomic E-state index is 12.2. The maximum Gasteiger partial charge on any atom is 0.332 e. The number of hydrogen-bond donors (Lipinski definition) is 2. The molecule has 0 aromatic carbocycles. The van der Waals surface area contributed by atoms with E-state index in [0.29, 0.717) is 0 Å². The summed E-state index contributed by atoms with van der Waals surface area (Å²) in [7, 11) is 1.94. The molecule has 0 fully saturated rings. The Morgan fingerprint density at radius 1 is 1.09 bits per heavy atom. The van der Waals surface area contributed by atoms with E-state index in [1.165, 1.54) is 13.8 Å². The molecule has 2 N–H and O–H groups in total. The maximum absolute atomic E-state index is 12.2. The van der Waals surface area contributed by atoms with Crippen LogP contribution in [0.3, 0.4) is 0 Å². The highest BCUT2D eigenvalue weighted by molar-refractivity contribution is 6.11. The fraction of sp³-hybridized carbons (Fsp3) is 0.429. The Morgan fingerprint density at radius 3 is 2.00 bits per heavy atom. The second-order valence-corrected chi connectivity index (χ2v) is 4.77. The minimum Gasteiger partial charge on any atom is -0.480 e. The lowest BCUT2D eigenvalue weighted by Gasteiger charge is -2.37. The summed E-state index contributed by atoms with van der Waals surface area (Å²) in [5.41, 5.74) is -2.74. The molecule has 0 aliphatic heterocycles. The van der Waals surface area contributed by atoms with Crippen LogP contribution < -0.4 is 0 Å². The molecule has 2 unspecified atom stereocenters. The zero-order chi connectivity index (χ0) is 17.2. The Hall–Kier alpha value is -2.64. The largest absolute Gasteiger partial charge is 0.480 e. The lowest BCUT2D eigenvalue weighted by molar-refractivity contribution is -0.174. The minimum atomic E-state index is -2.48. The number of allylic oxidation sites excluding steroid dienone is 2. The van der Waals surface area contributed by atoms with Crippen molar-refractivity contribution >= 4 is 23.9 Å². The third-order valence-corrected chi connectivity index (χ3v) is 3.83. The lowest BCUT2D eigenvalue weighted by atomic mass is 9.63. The second-order valence-electron chi connectivity index (χ2n) is 4.77. The average Bonchev–Trinajstić information content (AvgIpc) is 2.47. The van der Waals surface area contributed by atoms with Crippen molar-refractivity contribution in [3.63, 3.8) is 0 Å². The van der Waals surface area contributed by atoms with Crippen LogP contribution in [0.4, 0.5) is 0 Å². The molecule has 0 bridgehead atoms. The van der Waals surface area contributed by atoms with Gasteiger partial charge in [-0.3, -0.25) is 14.4 Å². The van der Waals surface area contributed by atoms with Crippen molar-refractivity contribution in [2.45, 2.75) is 13.8 Å². The standard InChI is InChI=1S/C14H16O8/c1-6-5-8(10(15)16)9(11(17)21-3)14(7(6)2,12(18)19)13(20)22-4/h5,9H,1-4H3,(H,15,16)(H,18,19). The Labute approximate surface area is 126 Å². The Morgan fingerprint density at radius 2 is 1.64 bits per heavy atom. The smallest absolute Gasteiger partial charge is 0.332 e. The van der Waals surface area contributed by atoms with E-state index in [2.05, 4.69) is 9.47 Å². The average molecular weight is 312 g/mol. The first-order valence-electron chi connectivity index (χ1n) is 6.18. The van der Waals surface area contributed by atoms with E-state index in [4.69, 9.17) is 0 Å². The summed E-state index contributed by atoms with van der Waals surface area (Å²) in [6, 6.07) is 0. The van der Waals surface area contributed by atoms with Gasteiger partial charge in [-0.2, -0.15) is 0 Å². The number of ether oxygens (including phenoxy) is 2. The summed E-state index contributed by atoms with van der Waals surface area (Å²) < 4.78 is 9.06. The summed E-state index contributed by atoms with van der Waals surface area (Å²) in [5.74, 6) is -7.42. The van der Waals surface area contributed by atoms with E-state index in [1.807, 2.05) is 0 Å². The fourth-order valence-electron chi connectivity index (χ4n) is 2.60. The SMILES string of the molecule is COC(=O)C1C(C(=O)O)=CC(C)=C(C)C1(C(=O)O)C(=O)OC. The fourth-order valence-corrected chi connectivity index (χ4v) is 2.60. The second kappa shape index (κ2) is 6.00. The van der Waals surface area contributed by atoms with Gasteiger partial charge in [-0.1, -0.05) is 0 Å². The van der Waals surface area contributed by atoms with Gasteiger partial charge in [0, 0.05) is 0 Å². The number of carbonyl (C=O) groups is 4. The Bertz CT molecular complexity index is 612. The number of carboxylic acid groups (broad SMARTS) is 2.